The first-order chi connectivity index (χ1) is 9.88. The van der Waals surface area contributed by atoms with Gasteiger partial charge in [0, 0.05) is 6.42 Å². The van der Waals surface area contributed by atoms with Gasteiger partial charge in [-0.2, -0.15) is 0 Å². The van der Waals surface area contributed by atoms with Crippen LogP contribution in [0, 0.1) is 0 Å². The first kappa shape index (κ1) is 17.5. The number of aryl methyl sites for hydroxylation is 1. The van der Waals surface area contributed by atoms with Gasteiger partial charge in [0.25, 0.3) is 0 Å². The zero-order chi connectivity index (χ0) is 15.9. The van der Waals surface area contributed by atoms with Gasteiger partial charge in [-0.1, -0.05) is 32.9 Å². The Morgan fingerprint density at radius 1 is 1.29 bits per heavy atom. The molecule has 0 aliphatic heterocycles. The van der Waals surface area contributed by atoms with Gasteiger partial charge in [-0.25, -0.2) is 0 Å². The topological polar surface area (TPSA) is 55.8 Å². The van der Waals surface area contributed by atoms with Crippen molar-refractivity contribution >= 4 is 5.97 Å². The van der Waals surface area contributed by atoms with E-state index in [9.17, 15) is 4.79 Å². The van der Waals surface area contributed by atoms with Gasteiger partial charge in [-0.3, -0.25) is 4.79 Å². The third kappa shape index (κ3) is 5.76. The van der Waals surface area contributed by atoms with E-state index in [1.165, 1.54) is 0 Å². The van der Waals surface area contributed by atoms with Gasteiger partial charge < -0.3 is 14.6 Å². The molecule has 118 valence electrons. The lowest BCUT2D eigenvalue weighted by Crippen LogP contribution is -2.14. The second kappa shape index (κ2) is 8.03. The van der Waals surface area contributed by atoms with Gasteiger partial charge in [-0.05, 0) is 36.0 Å². The first-order valence-corrected chi connectivity index (χ1v) is 7.41. The lowest BCUT2D eigenvalue weighted by molar-refractivity contribution is -0.144. The van der Waals surface area contributed by atoms with Crippen molar-refractivity contribution in [2.75, 3.05) is 19.8 Å². The van der Waals surface area contributed by atoms with Gasteiger partial charge in [0.05, 0.1) is 13.2 Å². The monoisotopic (exact) mass is 294 g/mol. The molecule has 0 aliphatic rings. The smallest absolute Gasteiger partial charge is 0.306 e. The van der Waals surface area contributed by atoms with Gasteiger partial charge in [0.1, 0.15) is 12.4 Å². The number of benzene rings is 1. The maximum Gasteiger partial charge on any atom is 0.306 e. The van der Waals surface area contributed by atoms with Crippen LogP contribution < -0.4 is 4.74 Å². The summed E-state index contributed by atoms with van der Waals surface area (Å²) in [7, 11) is 0. The summed E-state index contributed by atoms with van der Waals surface area (Å²) < 4.78 is 10.5. The lowest BCUT2D eigenvalue weighted by atomic mass is 9.85. The fraction of sp³-hybridized carbons (Fsp3) is 0.588. The number of aliphatic hydroxyl groups is 1. The summed E-state index contributed by atoms with van der Waals surface area (Å²) in [5.74, 6) is 0.617. The summed E-state index contributed by atoms with van der Waals surface area (Å²) in [6.07, 6.45) is 0.942. The van der Waals surface area contributed by atoms with Gasteiger partial charge in [0.15, 0.2) is 0 Å². The second-order valence-electron chi connectivity index (χ2n) is 5.96. The number of esters is 1. The highest BCUT2D eigenvalue weighted by Gasteiger charge is 2.19. The molecular weight excluding hydrogens is 268 g/mol. The third-order valence-corrected chi connectivity index (χ3v) is 3.12. The Morgan fingerprint density at radius 3 is 2.57 bits per heavy atom. The summed E-state index contributed by atoms with van der Waals surface area (Å²) in [6, 6.07) is 6.06. The average molecular weight is 294 g/mol. The molecule has 0 fully saturated rings. The summed E-state index contributed by atoms with van der Waals surface area (Å²) in [5, 5.41) is 8.62. The van der Waals surface area contributed by atoms with E-state index in [0.717, 1.165) is 16.9 Å². The minimum absolute atomic E-state index is 0.0160. The SMILES string of the molecule is CCOc1ccc(CCC(=O)OCCO)cc1C(C)(C)C. The number of aliphatic hydroxyl groups excluding tert-OH is 1. The molecule has 0 radical (unpaired) electrons. The third-order valence-electron chi connectivity index (χ3n) is 3.12. The molecule has 0 aliphatic carbocycles. The van der Waals surface area contributed by atoms with E-state index in [1.54, 1.807) is 0 Å². The van der Waals surface area contributed by atoms with E-state index in [-0.39, 0.29) is 24.6 Å². The molecule has 0 atom stereocenters. The minimum atomic E-state index is -0.282. The van der Waals surface area contributed by atoms with E-state index in [2.05, 4.69) is 26.8 Å². The molecule has 1 aromatic carbocycles. The Morgan fingerprint density at radius 2 is 2.00 bits per heavy atom. The van der Waals surface area contributed by atoms with Crippen LogP contribution >= 0.6 is 0 Å². The van der Waals surface area contributed by atoms with Crippen LogP contribution in [0.25, 0.3) is 0 Å². The molecular formula is C17H26O4. The minimum Gasteiger partial charge on any atom is -0.494 e. The molecule has 1 rings (SSSR count). The molecule has 21 heavy (non-hydrogen) atoms. The zero-order valence-electron chi connectivity index (χ0n) is 13.4. The Bertz CT molecular complexity index is 460. The van der Waals surface area contributed by atoms with E-state index in [1.807, 2.05) is 19.1 Å². The van der Waals surface area contributed by atoms with Gasteiger partial charge >= 0.3 is 5.97 Å². The highest BCUT2D eigenvalue weighted by atomic mass is 16.5. The van der Waals surface area contributed by atoms with Crippen molar-refractivity contribution < 1.29 is 19.4 Å². The Hall–Kier alpha value is -1.55. The summed E-state index contributed by atoms with van der Waals surface area (Å²) in [5.41, 5.74) is 2.22. The molecule has 0 spiro atoms. The van der Waals surface area contributed by atoms with Gasteiger partial charge in [0.2, 0.25) is 0 Å². The van der Waals surface area contributed by atoms with Crippen LogP contribution in [0.1, 0.15) is 45.2 Å². The first-order valence-electron chi connectivity index (χ1n) is 7.41. The molecule has 1 N–H and O–H groups in total. The van der Waals surface area contributed by atoms with Crippen molar-refractivity contribution in [1.29, 1.82) is 0 Å². The predicted octanol–water partition coefficient (Wildman–Crippen LogP) is 2.85. The maximum atomic E-state index is 11.5. The number of hydrogen-bond donors (Lipinski definition) is 1. The average Bonchev–Trinajstić information content (AvgIpc) is 2.43. The Kier molecular flexibility index (Phi) is 6.69. The van der Waals surface area contributed by atoms with Crippen LogP contribution in [0.4, 0.5) is 0 Å². The van der Waals surface area contributed by atoms with Crippen molar-refractivity contribution in [2.45, 2.75) is 46.0 Å². The summed E-state index contributed by atoms with van der Waals surface area (Å²) in [4.78, 5) is 11.5. The van der Waals surface area contributed by atoms with Crippen molar-refractivity contribution in [3.8, 4) is 5.75 Å². The zero-order valence-corrected chi connectivity index (χ0v) is 13.4. The van der Waals surface area contributed by atoms with Crippen molar-refractivity contribution in [1.82, 2.24) is 0 Å². The molecule has 0 saturated carbocycles. The van der Waals surface area contributed by atoms with Crippen LogP contribution in [0.15, 0.2) is 18.2 Å². The molecule has 0 unspecified atom stereocenters. The number of carbonyl (C=O) groups excluding carboxylic acids is 1. The molecule has 0 amide bonds. The highest BCUT2D eigenvalue weighted by Crippen LogP contribution is 2.32. The second-order valence-corrected chi connectivity index (χ2v) is 5.96. The molecule has 0 bridgehead atoms. The number of carbonyl (C=O) groups is 1. The number of hydrogen-bond acceptors (Lipinski definition) is 4. The fourth-order valence-electron chi connectivity index (χ4n) is 2.08. The number of ether oxygens (including phenoxy) is 2. The molecule has 0 aromatic heterocycles. The van der Waals surface area contributed by atoms with E-state index in [4.69, 9.17) is 14.6 Å². The van der Waals surface area contributed by atoms with Gasteiger partial charge in [-0.15, -0.1) is 0 Å². The van der Waals surface area contributed by atoms with Crippen molar-refractivity contribution in [3.63, 3.8) is 0 Å². The van der Waals surface area contributed by atoms with Crippen molar-refractivity contribution in [3.05, 3.63) is 29.3 Å². The molecule has 0 heterocycles. The molecule has 4 nitrogen and oxygen atoms in total. The van der Waals surface area contributed by atoms with E-state index < -0.39 is 0 Å². The number of rotatable bonds is 7. The standard InChI is InChI=1S/C17H26O4/c1-5-20-15-8-6-13(12-14(15)17(2,3)4)7-9-16(19)21-11-10-18/h6,8,12,18H,5,7,9-11H2,1-4H3. The van der Waals surface area contributed by atoms with E-state index in [0.29, 0.717) is 19.4 Å². The maximum absolute atomic E-state index is 11.5. The molecule has 1 aromatic rings. The fourth-order valence-corrected chi connectivity index (χ4v) is 2.08. The van der Waals surface area contributed by atoms with Crippen LogP contribution in [-0.4, -0.2) is 30.9 Å². The van der Waals surface area contributed by atoms with Crippen LogP contribution in [0.5, 0.6) is 5.75 Å². The summed E-state index contributed by atoms with van der Waals surface area (Å²) >= 11 is 0. The Labute approximate surface area is 127 Å². The quantitative estimate of drug-likeness (QED) is 0.786. The van der Waals surface area contributed by atoms with Crippen LogP contribution in [-0.2, 0) is 21.4 Å². The Balaban J connectivity index is 2.78. The largest absolute Gasteiger partial charge is 0.494 e. The highest BCUT2D eigenvalue weighted by molar-refractivity contribution is 5.69. The van der Waals surface area contributed by atoms with Crippen LogP contribution in [0.3, 0.4) is 0 Å². The van der Waals surface area contributed by atoms with E-state index >= 15 is 0 Å². The predicted molar refractivity (Wildman–Crippen MR) is 82.7 cm³/mol. The summed E-state index contributed by atoms with van der Waals surface area (Å²) in [6.45, 7) is 8.96. The van der Waals surface area contributed by atoms with Crippen molar-refractivity contribution in [2.24, 2.45) is 0 Å². The van der Waals surface area contributed by atoms with Crippen LogP contribution in [0.2, 0.25) is 0 Å². The molecule has 4 heteroatoms. The normalized spacial score (nSPS) is 11.3. The molecule has 0 saturated heterocycles. The lowest BCUT2D eigenvalue weighted by Gasteiger charge is -2.23.